The van der Waals surface area contributed by atoms with Crippen LogP contribution in [-0.2, 0) is 11.3 Å². The maximum absolute atomic E-state index is 14.2. The van der Waals surface area contributed by atoms with Crippen molar-refractivity contribution in [2.45, 2.75) is 19.4 Å². The van der Waals surface area contributed by atoms with Gasteiger partial charge >= 0.3 is 5.69 Å². The fourth-order valence-electron chi connectivity index (χ4n) is 4.75. The number of carbonyl (C=O) groups is 1. The van der Waals surface area contributed by atoms with E-state index >= 15 is 0 Å². The van der Waals surface area contributed by atoms with E-state index in [1.54, 1.807) is 36.1 Å². The fourth-order valence-corrected chi connectivity index (χ4v) is 4.75. The van der Waals surface area contributed by atoms with Crippen LogP contribution in [0.1, 0.15) is 12.8 Å². The van der Waals surface area contributed by atoms with Crippen molar-refractivity contribution in [3.05, 3.63) is 71.6 Å². The molecule has 1 saturated carbocycles. The molecule has 42 heavy (non-hydrogen) atoms. The molecule has 0 unspecified atom stereocenters. The Bertz CT molecular complexity index is 1690. The van der Waals surface area contributed by atoms with E-state index in [0.717, 1.165) is 25.1 Å². The van der Waals surface area contributed by atoms with E-state index < -0.39 is 5.82 Å². The summed E-state index contributed by atoms with van der Waals surface area (Å²) in [4.78, 5) is 38.9. The molecule has 0 aliphatic heterocycles. The molecular weight excluding hydrogens is 539 g/mol. The Morgan fingerprint density at radius 1 is 1.14 bits per heavy atom. The summed E-state index contributed by atoms with van der Waals surface area (Å²) in [5, 5.41) is 6.05. The molecule has 1 amide bonds. The minimum atomic E-state index is -0.406. The Labute approximate surface area is 243 Å². The Kier molecular flexibility index (Phi) is 8.25. The number of benzene rings is 2. The van der Waals surface area contributed by atoms with Crippen LogP contribution in [0.15, 0.2) is 60.0 Å². The highest BCUT2D eigenvalue weighted by Crippen LogP contribution is 2.38. The Hall–Kier alpha value is -4.71. The number of nitrogens with one attached hydrogen (secondary N) is 2. The molecule has 0 radical (unpaired) electrons. The molecule has 4 aromatic rings. The van der Waals surface area contributed by atoms with Gasteiger partial charge in [0.25, 0.3) is 0 Å². The lowest BCUT2D eigenvalue weighted by Crippen LogP contribution is -2.29. The summed E-state index contributed by atoms with van der Waals surface area (Å²) in [5.74, 6) is 0.698. The number of nitrogens with zero attached hydrogens (tertiary/aromatic N) is 6. The molecule has 2 aromatic heterocycles. The number of carbonyl (C=O) groups excluding carboxylic acids is 1. The molecule has 5 rings (SSSR count). The molecule has 12 heteroatoms. The number of amides is 1. The van der Waals surface area contributed by atoms with Gasteiger partial charge in [-0.3, -0.25) is 9.36 Å². The first-order chi connectivity index (χ1) is 20.2. The Balaban J connectivity index is 1.53. The van der Waals surface area contributed by atoms with E-state index in [0.29, 0.717) is 53.0 Å². The number of fused-ring (bicyclic) bond motifs is 1. The number of hydrogen-bond donors (Lipinski definition) is 2. The second kappa shape index (κ2) is 12.0. The van der Waals surface area contributed by atoms with Crippen LogP contribution in [0.3, 0.4) is 0 Å². The van der Waals surface area contributed by atoms with Crippen molar-refractivity contribution >= 4 is 40.0 Å². The quantitative estimate of drug-likeness (QED) is 0.245. The molecule has 1 aliphatic rings. The van der Waals surface area contributed by atoms with Crippen molar-refractivity contribution in [3.63, 3.8) is 0 Å². The number of aromatic nitrogens is 4. The van der Waals surface area contributed by atoms with E-state index in [1.165, 1.54) is 22.8 Å². The van der Waals surface area contributed by atoms with Gasteiger partial charge in [-0.15, -0.1) is 0 Å². The molecule has 1 aliphatic carbocycles. The highest BCUT2D eigenvalue weighted by molar-refractivity contribution is 6.02. The molecule has 1 fully saturated rings. The van der Waals surface area contributed by atoms with Crippen LogP contribution in [0, 0.1) is 11.7 Å². The topological polar surface area (TPSA) is 110 Å². The zero-order valence-electron chi connectivity index (χ0n) is 24.2. The van der Waals surface area contributed by atoms with Crippen molar-refractivity contribution in [2.24, 2.45) is 5.92 Å². The van der Waals surface area contributed by atoms with Crippen LogP contribution in [-0.4, -0.2) is 71.3 Å². The second-order valence-electron chi connectivity index (χ2n) is 10.7. The standard InChI is InChI=1S/C30H35FN8O3/c1-6-28(40)33-21-16-22(26(42-5)17-24(21)37(4)14-13-36(2)3)34-29-32-12-11-27(35-29)39-23-10-9-20(31)15-25(23)38(30(39)41)18-19-7-8-19/h6,9-12,15-17,19H,1,7-8,13-14,18H2,2-5H3,(H,33,40)(H,32,34,35). The van der Waals surface area contributed by atoms with Gasteiger partial charge in [0.05, 0.1) is 35.2 Å². The van der Waals surface area contributed by atoms with E-state index in [9.17, 15) is 14.0 Å². The van der Waals surface area contributed by atoms with Crippen molar-refractivity contribution < 1.29 is 13.9 Å². The highest BCUT2D eigenvalue weighted by Gasteiger charge is 2.26. The van der Waals surface area contributed by atoms with Gasteiger partial charge in [-0.2, -0.15) is 4.98 Å². The molecule has 2 N–H and O–H groups in total. The third kappa shape index (κ3) is 6.13. The number of ether oxygens (including phenoxy) is 1. The molecule has 220 valence electrons. The van der Waals surface area contributed by atoms with Crippen molar-refractivity contribution in [1.82, 2.24) is 24.0 Å². The molecule has 2 aromatic carbocycles. The Morgan fingerprint density at radius 2 is 1.93 bits per heavy atom. The van der Waals surface area contributed by atoms with Gasteiger partial charge in [0.1, 0.15) is 17.4 Å². The zero-order chi connectivity index (χ0) is 30.0. The van der Waals surface area contributed by atoms with Crippen LogP contribution in [0.4, 0.5) is 27.4 Å². The monoisotopic (exact) mass is 574 g/mol. The Morgan fingerprint density at radius 3 is 2.62 bits per heavy atom. The number of imidazole rings is 1. The van der Waals surface area contributed by atoms with Crippen LogP contribution in [0.2, 0.25) is 0 Å². The number of rotatable bonds is 12. The van der Waals surface area contributed by atoms with Crippen molar-refractivity contribution in [1.29, 1.82) is 0 Å². The summed E-state index contributed by atoms with van der Waals surface area (Å²) in [6, 6.07) is 9.51. The van der Waals surface area contributed by atoms with Crippen LogP contribution in [0.25, 0.3) is 16.9 Å². The first-order valence-electron chi connectivity index (χ1n) is 13.7. The predicted octanol–water partition coefficient (Wildman–Crippen LogP) is 4.01. The largest absolute Gasteiger partial charge is 0.494 e. The minimum absolute atomic E-state index is 0.206. The van der Waals surface area contributed by atoms with Crippen LogP contribution < -0.4 is 26.0 Å². The van der Waals surface area contributed by atoms with E-state index in [1.807, 2.05) is 32.1 Å². The lowest BCUT2D eigenvalue weighted by molar-refractivity contribution is -0.111. The number of hydrogen-bond acceptors (Lipinski definition) is 8. The molecular formula is C30H35FN8O3. The van der Waals surface area contributed by atoms with Gasteiger partial charge in [0, 0.05) is 45.0 Å². The van der Waals surface area contributed by atoms with Crippen LogP contribution in [0.5, 0.6) is 5.75 Å². The maximum atomic E-state index is 14.2. The summed E-state index contributed by atoms with van der Waals surface area (Å²) in [7, 11) is 7.47. The van der Waals surface area contributed by atoms with Gasteiger partial charge in [-0.25, -0.2) is 18.7 Å². The predicted molar refractivity (Wildman–Crippen MR) is 163 cm³/mol. The van der Waals surface area contributed by atoms with Crippen molar-refractivity contribution in [3.8, 4) is 11.6 Å². The van der Waals surface area contributed by atoms with Gasteiger partial charge in [-0.05, 0) is 63.2 Å². The average molecular weight is 575 g/mol. The molecule has 11 nitrogen and oxygen atoms in total. The van der Waals surface area contributed by atoms with Gasteiger partial charge < -0.3 is 25.2 Å². The normalized spacial score (nSPS) is 12.9. The third-order valence-electron chi connectivity index (χ3n) is 7.20. The lowest BCUT2D eigenvalue weighted by Gasteiger charge is -2.26. The van der Waals surface area contributed by atoms with Gasteiger partial charge in [0.15, 0.2) is 0 Å². The maximum Gasteiger partial charge on any atom is 0.334 e. The second-order valence-corrected chi connectivity index (χ2v) is 10.7. The SMILES string of the molecule is C=CC(=O)Nc1cc(Nc2nccc(-n3c(=O)n(CC4CC4)c4cc(F)ccc43)n2)c(OC)cc1N(C)CCN(C)C. The van der Waals surface area contributed by atoms with Crippen molar-refractivity contribution in [2.75, 3.05) is 56.9 Å². The minimum Gasteiger partial charge on any atom is -0.494 e. The summed E-state index contributed by atoms with van der Waals surface area (Å²) >= 11 is 0. The lowest BCUT2D eigenvalue weighted by atomic mass is 10.2. The third-order valence-corrected chi connectivity index (χ3v) is 7.20. The van der Waals surface area contributed by atoms with Crippen LogP contribution >= 0.6 is 0 Å². The molecule has 2 heterocycles. The van der Waals surface area contributed by atoms with Gasteiger partial charge in [0.2, 0.25) is 11.9 Å². The number of likely N-dealkylation sites (N-methyl/N-ethyl adjacent to an activating group) is 2. The first-order valence-corrected chi connectivity index (χ1v) is 13.7. The summed E-state index contributed by atoms with van der Waals surface area (Å²) in [6.45, 7) is 5.61. The van der Waals surface area contributed by atoms with E-state index in [-0.39, 0.29) is 17.5 Å². The van der Waals surface area contributed by atoms with E-state index in [2.05, 4.69) is 32.1 Å². The van der Waals surface area contributed by atoms with Gasteiger partial charge in [-0.1, -0.05) is 6.58 Å². The molecule has 0 bridgehead atoms. The first kappa shape index (κ1) is 28.8. The highest BCUT2D eigenvalue weighted by atomic mass is 19.1. The number of anilines is 4. The molecule has 0 spiro atoms. The number of methoxy groups -OCH3 is 1. The fraction of sp³-hybridized carbons (Fsp3) is 0.333. The zero-order valence-corrected chi connectivity index (χ0v) is 24.2. The van der Waals surface area contributed by atoms with E-state index in [4.69, 9.17) is 4.74 Å². The molecule has 0 atom stereocenters. The average Bonchev–Trinajstić information content (AvgIpc) is 3.75. The molecule has 0 saturated heterocycles. The smallest absolute Gasteiger partial charge is 0.334 e. The summed E-state index contributed by atoms with van der Waals surface area (Å²) in [6.07, 6.45) is 4.85. The summed E-state index contributed by atoms with van der Waals surface area (Å²) in [5.41, 5.74) is 2.60. The number of halogens is 1. The summed E-state index contributed by atoms with van der Waals surface area (Å²) < 4.78 is 23.0.